The molecule has 2 rings (SSSR count). The average molecular weight is 297 g/mol. The van der Waals surface area contributed by atoms with Crippen LogP contribution in [-0.2, 0) is 0 Å². The van der Waals surface area contributed by atoms with Crippen LogP contribution in [-0.4, -0.2) is 12.1 Å². The Hall–Kier alpha value is -0.390. The number of aromatic nitrogens is 1. The zero-order valence-corrected chi connectivity index (χ0v) is 10.1. The molecule has 0 fully saturated rings. The van der Waals surface area contributed by atoms with Crippen LogP contribution in [0.5, 0.6) is 5.75 Å². The predicted molar refractivity (Wildman–Crippen MR) is 58.8 cm³/mol. The lowest BCUT2D eigenvalue weighted by molar-refractivity contribution is 0.391. The topological polar surface area (TPSA) is 22.1 Å². The maximum absolute atomic E-state index is 13.4. The fraction of sp³-hybridized carbons (Fsp3) is 0.125. The van der Waals surface area contributed by atoms with E-state index in [9.17, 15) is 4.39 Å². The first-order valence-corrected chi connectivity index (χ1v) is 5.60. The largest absolute Gasteiger partial charge is 0.491 e. The van der Waals surface area contributed by atoms with Gasteiger partial charge in [-0.05, 0) is 22.0 Å². The standard InChI is InChI=1S/C8H4BrClFNOS/c1-13-7-5(11)3(10)2-4-6(7)12-8(9)14-4/h2H,1H3. The van der Waals surface area contributed by atoms with Crippen molar-refractivity contribution in [1.82, 2.24) is 4.98 Å². The van der Waals surface area contributed by atoms with Crippen LogP contribution in [0.15, 0.2) is 9.98 Å². The molecule has 6 heteroatoms. The SMILES string of the molecule is COc1c(F)c(Cl)cc2sc(Br)nc12. The Kier molecular flexibility index (Phi) is 2.64. The number of rotatable bonds is 1. The smallest absolute Gasteiger partial charge is 0.185 e. The van der Waals surface area contributed by atoms with E-state index in [2.05, 4.69) is 20.9 Å². The summed E-state index contributed by atoms with van der Waals surface area (Å²) in [6, 6.07) is 1.54. The van der Waals surface area contributed by atoms with Crippen molar-refractivity contribution in [2.45, 2.75) is 0 Å². The van der Waals surface area contributed by atoms with Crippen molar-refractivity contribution in [3.63, 3.8) is 0 Å². The Balaban J connectivity index is 2.87. The van der Waals surface area contributed by atoms with Gasteiger partial charge in [0.05, 0.1) is 16.8 Å². The molecule has 2 nitrogen and oxygen atoms in total. The van der Waals surface area contributed by atoms with E-state index in [-0.39, 0.29) is 10.8 Å². The summed E-state index contributed by atoms with van der Waals surface area (Å²) in [7, 11) is 1.39. The summed E-state index contributed by atoms with van der Waals surface area (Å²) in [5, 5.41) is 0.0468. The summed E-state index contributed by atoms with van der Waals surface area (Å²) in [6.45, 7) is 0. The summed E-state index contributed by atoms with van der Waals surface area (Å²) in [6.07, 6.45) is 0. The summed E-state index contributed by atoms with van der Waals surface area (Å²) in [4.78, 5) is 4.10. The van der Waals surface area contributed by atoms with E-state index in [4.69, 9.17) is 16.3 Å². The highest BCUT2D eigenvalue weighted by Gasteiger charge is 2.16. The van der Waals surface area contributed by atoms with Crippen LogP contribution >= 0.6 is 38.9 Å². The van der Waals surface area contributed by atoms with E-state index in [1.54, 1.807) is 0 Å². The number of fused-ring (bicyclic) bond motifs is 1. The maximum Gasteiger partial charge on any atom is 0.185 e. The molecule has 0 aliphatic heterocycles. The monoisotopic (exact) mass is 295 g/mol. The molecular weight excluding hydrogens is 293 g/mol. The van der Waals surface area contributed by atoms with Crippen LogP contribution < -0.4 is 4.74 Å². The van der Waals surface area contributed by atoms with Gasteiger partial charge in [0, 0.05) is 0 Å². The van der Waals surface area contributed by atoms with Gasteiger partial charge in [0.2, 0.25) is 0 Å². The predicted octanol–water partition coefficient (Wildman–Crippen LogP) is 3.86. The first-order valence-electron chi connectivity index (χ1n) is 3.61. The Morgan fingerprint density at radius 1 is 1.64 bits per heavy atom. The number of ether oxygens (including phenoxy) is 1. The quantitative estimate of drug-likeness (QED) is 0.797. The Labute approximate surface area is 96.8 Å². The molecule has 14 heavy (non-hydrogen) atoms. The van der Waals surface area contributed by atoms with Gasteiger partial charge in [-0.15, -0.1) is 11.3 Å². The molecule has 0 unspecified atom stereocenters. The van der Waals surface area contributed by atoms with Crippen LogP contribution in [0, 0.1) is 5.82 Å². The highest BCUT2D eigenvalue weighted by molar-refractivity contribution is 9.11. The molecule has 0 spiro atoms. The van der Waals surface area contributed by atoms with E-state index in [0.717, 1.165) is 4.70 Å². The van der Waals surface area contributed by atoms with Crippen molar-refractivity contribution in [1.29, 1.82) is 0 Å². The molecule has 0 amide bonds. The average Bonchev–Trinajstić information content (AvgIpc) is 2.47. The molecule has 0 atom stereocenters. The van der Waals surface area contributed by atoms with Gasteiger partial charge in [-0.2, -0.15) is 0 Å². The molecule has 0 bridgehead atoms. The maximum atomic E-state index is 13.4. The highest BCUT2D eigenvalue weighted by atomic mass is 79.9. The van der Waals surface area contributed by atoms with Crippen LogP contribution in [0.25, 0.3) is 10.2 Å². The lowest BCUT2D eigenvalue weighted by atomic mass is 10.3. The van der Waals surface area contributed by atoms with Crippen LogP contribution in [0.4, 0.5) is 4.39 Å². The van der Waals surface area contributed by atoms with Crippen molar-refractivity contribution in [3.05, 3.63) is 20.8 Å². The molecule has 1 heterocycles. The van der Waals surface area contributed by atoms with Gasteiger partial charge in [0.1, 0.15) is 5.52 Å². The van der Waals surface area contributed by atoms with Gasteiger partial charge < -0.3 is 4.74 Å². The van der Waals surface area contributed by atoms with E-state index in [1.807, 2.05) is 0 Å². The Bertz CT molecular complexity index is 502. The molecule has 2 aromatic rings. The molecule has 0 saturated heterocycles. The molecule has 0 aliphatic rings. The Morgan fingerprint density at radius 2 is 2.36 bits per heavy atom. The molecule has 1 aromatic heterocycles. The van der Waals surface area contributed by atoms with Crippen LogP contribution in [0.1, 0.15) is 0 Å². The fourth-order valence-corrected chi connectivity index (χ4v) is 2.83. The first kappa shape index (κ1) is 10.1. The molecule has 74 valence electrons. The summed E-state index contributed by atoms with van der Waals surface area (Å²) >= 11 is 10.3. The third-order valence-corrected chi connectivity index (χ3v) is 3.44. The number of hydrogen-bond donors (Lipinski definition) is 0. The molecule has 0 aliphatic carbocycles. The number of nitrogens with zero attached hydrogens (tertiary/aromatic N) is 1. The van der Waals surface area contributed by atoms with E-state index >= 15 is 0 Å². The third kappa shape index (κ3) is 1.49. The van der Waals surface area contributed by atoms with Gasteiger partial charge >= 0.3 is 0 Å². The van der Waals surface area contributed by atoms with Crippen LogP contribution in [0.2, 0.25) is 5.02 Å². The van der Waals surface area contributed by atoms with Gasteiger partial charge in [0.15, 0.2) is 15.5 Å². The number of thiazole rings is 1. The van der Waals surface area contributed by atoms with Crippen molar-refractivity contribution < 1.29 is 9.13 Å². The molecule has 0 radical (unpaired) electrons. The van der Waals surface area contributed by atoms with E-state index < -0.39 is 5.82 Å². The summed E-state index contributed by atoms with van der Waals surface area (Å²) in [5.41, 5.74) is 0.492. The lowest BCUT2D eigenvalue weighted by Gasteiger charge is -2.03. The lowest BCUT2D eigenvalue weighted by Crippen LogP contribution is -1.90. The number of methoxy groups -OCH3 is 1. The van der Waals surface area contributed by atoms with Gasteiger partial charge in [-0.3, -0.25) is 0 Å². The van der Waals surface area contributed by atoms with Gasteiger partial charge in [0.25, 0.3) is 0 Å². The molecule has 1 aromatic carbocycles. The first-order chi connectivity index (χ1) is 6.63. The zero-order valence-electron chi connectivity index (χ0n) is 6.97. The van der Waals surface area contributed by atoms with Crippen molar-refractivity contribution >= 4 is 49.1 Å². The Morgan fingerprint density at radius 3 is 3.00 bits per heavy atom. The summed E-state index contributed by atoms with van der Waals surface area (Å²) < 4.78 is 19.8. The number of benzene rings is 1. The van der Waals surface area contributed by atoms with Gasteiger partial charge in [-0.25, -0.2) is 9.37 Å². The highest BCUT2D eigenvalue weighted by Crippen LogP contribution is 2.37. The second kappa shape index (κ2) is 3.64. The normalized spacial score (nSPS) is 10.9. The zero-order chi connectivity index (χ0) is 10.3. The second-order valence-corrected chi connectivity index (χ2v) is 5.23. The van der Waals surface area contributed by atoms with Crippen molar-refractivity contribution in [2.24, 2.45) is 0 Å². The molecule has 0 saturated carbocycles. The minimum Gasteiger partial charge on any atom is -0.491 e. The number of hydrogen-bond acceptors (Lipinski definition) is 3. The van der Waals surface area contributed by atoms with Crippen molar-refractivity contribution in [2.75, 3.05) is 7.11 Å². The number of halogens is 3. The molecular formula is C8H4BrClFNOS. The minimum atomic E-state index is -0.570. The summed E-state index contributed by atoms with van der Waals surface area (Å²) in [5.74, 6) is -0.478. The molecule has 0 N–H and O–H groups in total. The minimum absolute atomic E-state index is 0.0468. The fourth-order valence-electron chi connectivity index (χ4n) is 1.14. The third-order valence-electron chi connectivity index (χ3n) is 1.71. The van der Waals surface area contributed by atoms with E-state index in [1.165, 1.54) is 24.5 Å². The van der Waals surface area contributed by atoms with Crippen molar-refractivity contribution in [3.8, 4) is 5.75 Å². The van der Waals surface area contributed by atoms with E-state index in [0.29, 0.717) is 9.43 Å². The second-order valence-electron chi connectivity index (χ2n) is 2.52. The van der Waals surface area contributed by atoms with Gasteiger partial charge in [-0.1, -0.05) is 11.6 Å². The van der Waals surface area contributed by atoms with Crippen LogP contribution in [0.3, 0.4) is 0 Å².